The zero-order valence-corrected chi connectivity index (χ0v) is 17.3. The quantitative estimate of drug-likeness (QED) is 0.501. The van der Waals surface area contributed by atoms with Gasteiger partial charge in [-0.1, -0.05) is 0 Å². The Kier molecular flexibility index (Phi) is 5.94. The largest absolute Gasteiger partial charge is 0.368 e. The van der Waals surface area contributed by atoms with Gasteiger partial charge in [-0.2, -0.15) is 9.97 Å². The van der Waals surface area contributed by atoms with Gasteiger partial charge in [-0.05, 0) is 46.0 Å². The molecule has 9 heteroatoms. The van der Waals surface area contributed by atoms with Gasteiger partial charge in [-0.3, -0.25) is 0 Å². The van der Waals surface area contributed by atoms with Gasteiger partial charge in [0.1, 0.15) is 0 Å². The van der Waals surface area contributed by atoms with Crippen molar-refractivity contribution in [3.05, 3.63) is 25.0 Å². The van der Waals surface area contributed by atoms with Crippen LogP contribution in [0, 0.1) is 0 Å². The van der Waals surface area contributed by atoms with E-state index in [1.807, 2.05) is 18.9 Å². The molecule has 9 nitrogen and oxygen atoms in total. The van der Waals surface area contributed by atoms with Crippen LogP contribution < -0.4 is 16.4 Å². The Balaban J connectivity index is 1.51. The predicted molar refractivity (Wildman–Crippen MR) is 115 cm³/mol. The molecule has 4 N–H and O–H groups in total. The Morgan fingerprint density at radius 3 is 2.72 bits per heavy atom. The number of fused-ring (bicyclic) bond motifs is 1. The number of hydrogen-bond donors (Lipinski definition) is 3. The van der Waals surface area contributed by atoms with E-state index in [1.54, 1.807) is 6.20 Å². The first-order valence-electron chi connectivity index (χ1n) is 10.6. The van der Waals surface area contributed by atoms with Gasteiger partial charge in [0, 0.05) is 43.6 Å². The number of aromatic nitrogens is 6. The lowest BCUT2D eigenvalue weighted by Gasteiger charge is -2.27. The first kappa shape index (κ1) is 19.6. The summed E-state index contributed by atoms with van der Waals surface area (Å²) >= 11 is 0. The van der Waals surface area contributed by atoms with Crippen molar-refractivity contribution in [2.24, 2.45) is 5.73 Å². The van der Waals surface area contributed by atoms with Crippen LogP contribution in [-0.2, 0) is 6.54 Å². The van der Waals surface area contributed by atoms with E-state index in [0.717, 1.165) is 62.2 Å². The van der Waals surface area contributed by atoms with Crippen molar-refractivity contribution in [1.29, 1.82) is 0 Å². The highest BCUT2D eigenvalue weighted by Crippen LogP contribution is 2.25. The molecule has 1 saturated carbocycles. The Labute approximate surface area is 171 Å². The number of aryl methyl sites for hydroxylation is 1. The minimum absolute atomic E-state index is 0.282. The zero-order chi connectivity index (χ0) is 20.2. The molecule has 0 radical (unpaired) electrons. The predicted octanol–water partition coefficient (Wildman–Crippen LogP) is 2.79. The standard InChI is InChI=1S/C20H31N9/c1-14(2)29-13-24-17-18(23-8-3-10-28-11-9-22-12-28)26-20(27-19(17)29)25-16-6-4-15(21)5-7-16/h9,11-16H,3-8,10,21H2,1-2H3,(H2,23,25,26,27). The van der Waals surface area contributed by atoms with Crippen molar-refractivity contribution in [3.63, 3.8) is 0 Å². The van der Waals surface area contributed by atoms with Crippen LogP contribution in [0.2, 0.25) is 0 Å². The second-order valence-corrected chi connectivity index (χ2v) is 8.15. The van der Waals surface area contributed by atoms with Gasteiger partial charge in [-0.25, -0.2) is 9.97 Å². The van der Waals surface area contributed by atoms with Gasteiger partial charge in [0.2, 0.25) is 5.95 Å². The summed E-state index contributed by atoms with van der Waals surface area (Å²) in [5, 5.41) is 7.00. The summed E-state index contributed by atoms with van der Waals surface area (Å²) in [7, 11) is 0. The third kappa shape index (κ3) is 4.67. The van der Waals surface area contributed by atoms with Crippen molar-refractivity contribution in [1.82, 2.24) is 29.1 Å². The summed E-state index contributed by atoms with van der Waals surface area (Å²) < 4.78 is 4.17. The van der Waals surface area contributed by atoms with E-state index < -0.39 is 0 Å². The molecule has 0 spiro atoms. The number of hydrogen-bond acceptors (Lipinski definition) is 7. The molecule has 0 unspecified atom stereocenters. The number of rotatable bonds is 8. The third-order valence-corrected chi connectivity index (χ3v) is 5.53. The fourth-order valence-corrected chi connectivity index (χ4v) is 3.82. The highest BCUT2D eigenvalue weighted by atomic mass is 15.2. The lowest BCUT2D eigenvalue weighted by Crippen LogP contribution is -2.33. The van der Waals surface area contributed by atoms with E-state index in [4.69, 9.17) is 15.7 Å². The Hall–Kier alpha value is -2.68. The average molecular weight is 398 g/mol. The van der Waals surface area contributed by atoms with Gasteiger partial charge in [0.05, 0.1) is 12.7 Å². The molecule has 156 valence electrons. The minimum Gasteiger partial charge on any atom is -0.368 e. The molecule has 4 rings (SSSR count). The summed E-state index contributed by atoms with van der Waals surface area (Å²) in [5.41, 5.74) is 7.73. The molecule has 0 atom stereocenters. The summed E-state index contributed by atoms with van der Waals surface area (Å²) in [6.45, 7) is 5.99. The lowest BCUT2D eigenvalue weighted by molar-refractivity contribution is 0.410. The molecular formula is C20H31N9. The molecule has 29 heavy (non-hydrogen) atoms. The number of nitrogens with zero attached hydrogens (tertiary/aromatic N) is 6. The second-order valence-electron chi connectivity index (χ2n) is 8.15. The van der Waals surface area contributed by atoms with Crippen LogP contribution >= 0.6 is 0 Å². The molecule has 1 aliphatic rings. The van der Waals surface area contributed by atoms with E-state index in [9.17, 15) is 0 Å². The van der Waals surface area contributed by atoms with Crippen LogP contribution in [0.3, 0.4) is 0 Å². The lowest BCUT2D eigenvalue weighted by atomic mass is 9.92. The van der Waals surface area contributed by atoms with E-state index in [-0.39, 0.29) is 6.04 Å². The minimum atomic E-state index is 0.282. The Morgan fingerprint density at radius 1 is 1.17 bits per heavy atom. The summed E-state index contributed by atoms with van der Waals surface area (Å²) in [6, 6.07) is 0.979. The van der Waals surface area contributed by atoms with E-state index in [1.165, 1.54) is 0 Å². The van der Waals surface area contributed by atoms with Gasteiger partial charge in [-0.15, -0.1) is 0 Å². The molecular weight excluding hydrogens is 366 g/mol. The molecule has 0 aromatic carbocycles. The molecule has 3 heterocycles. The Bertz CT molecular complexity index is 908. The fourth-order valence-electron chi connectivity index (χ4n) is 3.82. The van der Waals surface area contributed by atoms with Crippen LogP contribution in [0.4, 0.5) is 11.8 Å². The van der Waals surface area contributed by atoms with Crippen LogP contribution in [0.1, 0.15) is 52.0 Å². The first-order valence-corrected chi connectivity index (χ1v) is 10.6. The number of imidazole rings is 2. The highest BCUT2D eigenvalue weighted by molar-refractivity contribution is 5.84. The third-order valence-electron chi connectivity index (χ3n) is 5.53. The molecule has 0 bridgehead atoms. The number of nitrogens with two attached hydrogens (primary N) is 1. The molecule has 0 amide bonds. The van der Waals surface area contributed by atoms with Crippen molar-refractivity contribution in [2.45, 2.75) is 70.6 Å². The van der Waals surface area contributed by atoms with Gasteiger partial charge in [0.25, 0.3) is 0 Å². The molecule has 1 fully saturated rings. The molecule has 1 aliphatic carbocycles. The maximum Gasteiger partial charge on any atom is 0.227 e. The van der Waals surface area contributed by atoms with Crippen molar-refractivity contribution < 1.29 is 0 Å². The van der Waals surface area contributed by atoms with Crippen LogP contribution in [0.25, 0.3) is 11.2 Å². The SMILES string of the molecule is CC(C)n1cnc2c(NCCCn3ccnc3)nc(NC3CCC(N)CC3)nc21. The summed E-state index contributed by atoms with van der Waals surface area (Å²) in [5.74, 6) is 1.45. The molecule has 0 saturated heterocycles. The maximum atomic E-state index is 6.04. The number of nitrogens with one attached hydrogen (secondary N) is 2. The van der Waals surface area contributed by atoms with Gasteiger partial charge < -0.3 is 25.5 Å². The van der Waals surface area contributed by atoms with Gasteiger partial charge >= 0.3 is 0 Å². The Morgan fingerprint density at radius 2 is 2.00 bits per heavy atom. The van der Waals surface area contributed by atoms with Crippen LogP contribution in [0.5, 0.6) is 0 Å². The van der Waals surface area contributed by atoms with E-state index >= 15 is 0 Å². The van der Waals surface area contributed by atoms with Crippen molar-refractivity contribution >= 4 is 22.9 Å². The topological polar surface area (TPSA) is 112 Å². The summed E-state index contributed by atoms with van der Waals surface area (Å²) in [4.78, 5) is 18.2. The summed E-state index contributed by atoms with van der Waals surface area (Å²) in [6.07, 6.45) is 12.6. The zero-order valence-electron chi connectivity index (χ0n) is 17.3. The van der Waals surface area contributed by atoms with Crippen molar-refractivity contribution in [2.75, 3.05) is 17.2 Å². The van der Waals surface area contributed by atoms with Gasteiger partial charge in [0.15, 0.2) is 17.0 Å². The highest BCUT2D eigenvalue weighted by Gasteiger charge is 2.21. The number of anilines is 2. The van der Waals surface area contributed by atoms with Crippen LogP contribution in [-0.4, -0.2) is 47.7 Å². The second kappa shape index (κ2) is 8.77. The first-order chi connectivity index (χ1) is 14.1. The monoisotopic (exact) mass is 397 g/mol. The van der Waals surface area contributed by atoms with Crippen LogP contribution in [0.15, 0.2) is 25.0 Å². The van der Waals surface area contributed by atoms with E-state index in [0.29, 0.717) is 18.0 Å². The maximum absolute atomic E-state index is 6.04. The normalized spacial score (nSPS) is 19.7. The molecule has 3 aromatic heterocycles. The molecule has 3 aromatic rings. The molecule has 0 aliphatic heterocycles. The smallest absolute Gasteiger partial charge is 0.227 e. The average Bonchev–Trinajstić information content (AvgIpc) is 3.36. The fraction of sp³-hybridized carbons (Fsp3) is 0.600. The van der Waals surface area contributed by atoms with E-state index in [2.05, 4.69) is 43.6 Å². The van der Waals surface area contributed by atoms with Crippen molar-refractivity contribution in [3.8, 4) is 0 Å².